The zero-order valence-corrected chi connectivity index (χ0v) is 10.2. The fourth-order valence-corrected chi connectivity index (χ4v) is 1.20. The van der Waals surface area contributed by atoms with E-state index in [4.69, 9.17) is 5.11 Å². The van der Waals surface area contributed by atoms with Crippen LogP contribution >= 0.6 is 22.6 Å². The third-order valence-corrected chi connectivity index (χ3v) is 2.14. The third kappa shape index (κ3) is 7.15. The molecule has 1 rings (SSSR count). The summed E-state index contributed by atoms with van der Waals surface area (Å²) in [4.78, 5) is 0. The quantitative estimate of drug-likeness (QED) is 0.839. The lowest BCUT2D eigenvalue weighted by molar-refractivity contribution is 0.399. The van der Waals surface area contributed by atoms with Crippen molar-refractivity contribution in [1.29, 1.82) is 0 Å². The minimum atomic E-state index is 0. The maximum atomic E-state index is 7.00. The highest BCUT2D eigenvalue weighted by Crippen LogP contribution is 2.10. The summed E-state index contributed by atoms with van der Waals surface area (Å²) in [5.41, 5.74) is 1.22. The molecule has 0 saturated heterocycles. The molecule has 0 unspecified atom stereocenters. The highest BCUT2D eigenvalue weighted by atomic mass is 127. The van der Waals surface area contributed by atoms with E-state index in [-0.39, 0.29) is 7.43 Å². The molecule has 1 aromatic carbocycles. The molecule has 0 aliphatic carbocycles. The smallest absolute Gasteiger partial charge is 0.0340 e. The van der Waals surface area contributed by atoms with Gasteiger partial charge in [-0.2, -0.15) is 0 Å². The summed E-state index contributed by atoms with van der Waals surface area (Å²) >= 11 is 2.31. The van der Waals surface area contributed by atoms with Crippen molar-refractivity contribution in [2.24, 2.45) is 0 Å². The molecular formula is C11H20INO. The second-order valence-electron chi connectivity index (χ2n) is 2.43. The molecule has 0 aliphatic rings. The maximum Gasteiger partial charge on any atom is 0.0340 e. The van der Waals surface area contributed by atoms with E-state index in [1.165, 1.54) is 15.7 Å². The van der Waals surface area contributed by atoms with Crippen molar-refractivity contribution in [3.05, 3.63) is 27.8 Å². The summed E-state index contributed by atoms with van der Waals surface area (Å²) in [6.07, 6.45) is 1.17. The van der Waals surface area contributed by atoms with Gasteiger partial charge in [-0.1, -0.05) is 14.4 Å². The van der Waals surface area contributed by atoms with Crippen LogP contribution in [-0.4, -0.2) is 18.8 Å². The Kier molecular flexibility index (Phi) is 12.4. The zero-order valence-electron chi connectivity index (χ0n) is 8.05. The summed E-state index contributed by atoms with van der Waals surface area (Å²) in [6, 6.07) is 8.44. The molecule has 2 N–H and O–H groups in total. The van der Waals surface area contributed by atoms with Crippen LogP contribution in [0.4, 0.5) is 5.69 Å². The van der Waals surface area contributed by atoms with Crippen molar-refractivity contribution < 1.29 is 5.11 Å². The number of nitrogens with one attached hydrogen (secondary N) is 1. The van der Waals surface area contributed by atoms with E-state index in [1.807, 2.05) is 0 Å². The van der Waals surface area contributed by atoms with Gasteiger partial charge in [-0.15, -0.1) is 0 Å². The van der Waals surface area contributed by atoms with Crippen LogP contribution in [0.2, 0.25) is 0 Å². The minimum absolute atomic E-state index is 0. The van der Waals surface area contributed by atoms with Gasteiger partial charge in [-0.25, -0.2) is 0 Å². The van der Waals surface area contributed by atoms with Crippen molar-refractivity contribution in [2.45, 2.75) is 20.8 Å². The largest absolute Gasteiger partial charge is 0.400 e. The Labute approximate surface area is 101 Å². The first kappa shape index (κ1) is 16.2. The second-order valence-corrected chi connectivity index (χ2v) is 3.68. The topological polar surface area (TPSA) is 32.3 Å². The summed E-state index contributed by atoms with van der Waals surface area (Å²) in [5, 5.41) is 10.3. The first-order valence-corrected chi connectivity index (χ1v) is 5.35. The highest BCUT2D eigenvalue weighted by Gasteiger charge is 1.88. The molecule has 14 heavy (non-hydrogen) atoms. The fourth-order valence-electron chi connectivity index (χ4n) is 0.837. The lowest BCUT2D eigenvalue weighted by atomic mass is 10.3. The lowest BCUT2D eigenvalue weighted by Crippen LogP contribution is -1.98. The number of anilines is 1. The van der Waals surface area contributed by atoms with Crippen molar-refractivity contribution in [3.8, 4) is 0 Å². The number of halogens is 1. The Morgan fingerprint density at radius 3 is 2.14 bits per heavy atom. The van der Waals surface area contributed by atoms with Gasteiger partial charge in [0.15, 0.2) is 0 Å². The standard InChI is InChI=1S/C9H12IN.CH4O.CH4/c1-2-7-11-9-5-3-8(10)4-6-9;1-2;/h3-6,11H,2,7H2,1H3;2H,1H3;1H4. The SMILES string of the molecule is C.CCCNc1ccc(I)cc1.CO. The van der Waals surface area contributed by atoms with E-state index >= 15 is 0 Å². The van der Waals surface area contributed by atoms with Crippen molar-refractivity contribution in [3.63, 3.8) is 0 Å². The van der Waals surface area contributed by atoms with Gasteiger partial charge < -0.3 is 10.4 Å². The van der Waals surface area contributed by atoms with Gasteiger partial charge >= 0.3 is 0 Å². The Morgan fingerprint density at radius 2 is 1.71 bits per heavy atom. The van der Waals surface area contributed by atoms with Gasteiger partial charge in [-0.3, -0.25) is 0 Å². The lowest BCUT2D eigenvalue weighted by Gasteiger charge is -2.03. The first-order valence-electron chi connectivity index (χ1n) is 4.27. The van der Waals surface area contributed by atoms with Crippen LogP contribution in [0.3, 0.4) is 0 Å². The first-order chi connectivity index (χ1) is 6.33. The number of rotatable bonds is 3. The van der Waals surface area contributed by atoms with Crippen molar-refractivity contribution in [1.82, 2.24) is 0 Å². The normalized spacial score (nSPS) is 8.00. The minimum Gasteiger partial charge on any atom is -0.400 e. The zero-order chi connectivity index (χ0) is 10.1. The van der Waals surface area contributed by atoms with Crippen molar-refractivity contribution >= 4 is 28.3 Å². The molecule has 0 aliphatic heterocycles. The van der Waals surface area contributed by atoms with Crippen LogP contribution in [0.1, 0.15) is 20.8 Å². The second kappa shape index (κ2) is 10.8. The maximum absolute atomic E-state index is 7.00. The summed E-state index contributed by atoms with van der Waals surface area (Å²) in [5.74, 6) is 0. The Morgan fingerprint density at radius 1 is 1.21 bits per heavy atom. The van der Waals surface area contributed by atoms with E-state index in [0.29, 0.717) is 0 Å². The molecular weight excluding hydrogens is 289 g/mol. The highest BCUT2D eigenvalue weighted by molar-refractivity contribution is 14.1. The van der Waals surface area contributed by atoms with E-state index in [1.54, 1.807) is 0 Å². The van der Waals surface area contributed by atoms with Gasteiger partial charge in [-0.05, 0) is 53.3 Å². The molecule has 0 spiro atoms. The molecule has 0 atom stereocenters. The number of benzene rings is 1. The van der Waals surface area contributed by atoms with Gasteiger partial charge in [0.05, 0.1) is 0 Å². The van der Waals surface area contributed by atoms with Crippen LogP contribution in [-0.2, 0) is 0 Å². The summed E-state index contributed by atoms with van der Waals surface area (Å²) in [7, 11) is 1.00. The molecule has 0 bridgehead atoms. The summed E-state index contributed by atoms with van der Waals surface area (Å²) < 4.78 is 1.28. The third-order valence-electron chi connectivity index (χ3n) is 1.42. The summed E-state index contributed by atoms with van der Waals surface area (Å²) in [6.45, 7) is 3.22. The molecule has 0 fully saturated rings. The van der Waals surface area contributed by atoms with E-state index in [9.17, 15) is 0 Å². The van der Waals surface area contributed by atoms with E-state index in [2.05, 4.69) is 59.1 Å². The number of aliphatic hydroxyl groups excluding tert-OH is 1. The van der Waals surface area contributed by atoms with E-state index < -0.39 is 0 Å². The van der Waals surface area contributed by atoms with Crippen LogP contribution in [0.15, 0.2) is 24.3 Å². The van der Waals surface area contributed by atoms with Gasteiger partial charge in [0.25, 0.3) is 0 Å². The number of hydrogen-bond acceptors (Lipinski definition) is 2. The van der Waals surface area contributed by atoms with Crippen LogP contribution < -0.4 is 5.32 Å². The average Bonchev–Trinajstić information content (AvgIpc) is 2.20. The Bertz CT molecular complexity index is 211. The van der Waals surface area contributed by atoms with Crippen molar-refractivity contribution in [2.75, 3.05) is 19.0 Å². The fraction of sp³-hybridized carbons (Fsp3) is 0.455. The molecule has 0 radical (unpaired) electrons. The van der Waals surface area contributed by atoms with Gasteiger partial charge in [0, 0.05) is 22.9 Å². The molecule has 0 saturated carbocycles. The average molecular weight is 309 g/mol. The monoisotopic (exact) mass is 309 g/mol. The van der Waals surface area contributed by atoms with Gasteiger partial charge in [0.2, 0.25) is 0 Å². The molecule has 1 aromatic rings. The van der Waals surface area contributed by atoms with E-state index in [0.717, 1.165) is 13.7 Å². The molecule has 3 heteroatoms. The molecule has 0 amide bonds. The number of hydrogen-bond donors (Lipinski definition) is 2. The Balaban J connectivity index is 0. The van der Waals surface area contributed by atoms with Gasteiger partial charge in [0.1, 0.15) is 0 Å². The van der Waals surface area contributed by atoms with Crippen LogP contribution in [0.25, 0.3) is 0 Å². The van der Waals surface area contributed by atoms with Crippen LogP contribution in [0, 0.1) is 3.57 Å². The molecule has 0 aromatic heterocycles. The predicted molar refractivity (Wildman–Crippen MR) is 72.8 cm³/mol. The molecule has 0 heterocycles. The molecule has 2 nitrogen and oxygen atoms in total. The predicted octanol–water partition coefficient (Wildman–Crippen LogP) is 3.36. The number of aliphatic hydroxyl groups is 1. The Hall–Kier alpha value is -0.290. The molecule has 82 valence electrons. The van der Waals surface area contributed by atoms with Crippen LogP contribution in [0.5, 0.6) is 0 Å².